The van der Waals surface area contributed by atoms with Gasteiger partial charge in [-0.3, -0.25) is 19.3 Å². The molecule has 6 atom stereocenters. The van der Waals surface area contributed by atoms with E-state index < -0.39 is 66.9 Å². The molecule has 1 aliphatic rings. The lowest BCUT2D eigenvalue weighted by Gasteiger charge is -2.28. The van der Waals surface area contributed by atoms with E-state index in [-0.39, 0.29) is 17.4 Å². The van der Waals surface area contributed by atoms with Crippen LogP contribution in [0.1, 0.15) is 46.4 Å². The molecule has 2 aromatic heterocycles. The number of nitrogen functional groups attached to an aromatic ring is 1. The van der Waals surface area contributed by atoms with Crippen LogP contribution in [0.25, 0.3) is 5.52 Å². The van der Waals surface area contributed by atoms with Crippen LogP contribution in [0, 0.1) is 17.2 Å². The summed E-state index contributed by atoms with van der Waals surface area (Å²) in [6, 6.07) is 4.44. The summed E-state index contributed by atoms with van der Waals surface area (Å²) in [6.07, 6.45) is -5.59. The number of nitrogens with two attached hydrogens (primary N) is 1. The summed E-state index contributed by atoms with van der Waals surface area (Å²) in [7, 11) is 3.42. The molecule has 1 saturated heterocycles. The van der Waals surface area contributed by atoms with E-state index in [1.54, 1.807) is 31.1 Å². The van der Waals surface area contributed by atoms with Crippen LogP contribution in [-0.4, -0.2) is 94.4 Å². The molecule has 0 aromatic carbocycles. The van der Waals surface area contributed by atoms with E-state index in [9.17, 15) is 24.4 Å². The van der Waals surface area contributed by atoms with Crippen molar-refractivity contribution >= 4 is 35.4 Å². The molecule has 0 spiro atoms. The molecule has 3 rings (SSSR count). The number of rotatable bonds is 10. The van der Waals surface area contributed by atoms with Crippen LogP contribution in [0.4, 0.5) is 10.6 Å². The Morgan fingerprint density at radius 2 is 1.81 bits per heavy atom. The van der Waals surface area contributed by atoms with Gasteiger partial charge in [-0.05, 0) is 32.1 Å². The van der Waals surface area contributed by atoms with Gasteiger partial charge < -0.3 is 34.2 Å². The van der Waals surface area contributed by atoms with Crippen molar-refractivity contribution in [1.29, 1.82) is 5.26 Å². The van der Waals surface area contributed by atoms with Crippen molar-refractivity contribution in [3.63, 3.8) is 0 Å². The molecule has 0 amide bonds. The minimum Gasteiger partial charge on any atom is -0.455 e. The number of nitriles is 1. The summed E-state index contributed by atoms with van der Waals surface area (Å²) in [5.74, 6) is -2.14. The molecule has 42 heavy (non-hydrogen) atoms. The van der Waals surface area contributed by atoms with E-state index in [0.29, 0.717) is 5.52 Å². The van der Waals surface area contributed by atoms with Crippen molar-refractivity contribution < 1.29 is 47.6 Å². The number of aromatic nitrogens is 3. The third-order valence-electron chi connectivity index (χ3n) is 6.36. The molecule has 0 radical (unpaired) electrons. The summed E-state index contributed by atoms with van der Waals surface area (Å²) in [6.45, 7) is 6.39. The summed E-state index contributed by atoms with van der Waals surface area (Å²) in [5.41, 5.74) is 4.44. The van der Waals surface area contributed by atoms with Crippen molar-refractivity contribution in [3.8, 4) is 6.07 Å². The molecule has 0 bridgehead atoms. The Morgan fingerprint density at radius 1 is 1.14 bits per heavy atom. The summed E-state index contributed by atoms with van der Waals surface area (Å²) in [5, 5.41) is 14.4. The smallest absolute Gasteiger partial charge is 0.455 e. The SMILES string of the molecule is CC(=O)O[C@H]1[C@H](c2ccc3c(N)ncnn23)O[C@](C#N)(COC(=O)OC(C)OC(=O)[C@H](C(C)C)N(C)C)[C@H]1OC(C)=O. The quantitative estimate of drug-likeness (QED) is 0.234. The number of hydrogen-bond donors (Lipinski definition) is 1. The van der Waals surface area contributed by atoms with Gasteiger partial charge in [0.05, 0.1) is 5.69 Å². The molecule has 16 heteroatoms. The maximum Gasteiger partial charge on any atom is 0.511 e. The van der Waals surface area contributed by atoms with Crippen LogP contribution in [0.3, 0.4) is 0 Å². The van der Waals surface area contributed by atoms with E-state index in [2.05, 4.69) is 10.1 Å². The third-order valence-corrected chi connectivity index (χ3v) is 6.36. The van der Waals surface area contributed by atoms with Gasteiger partial charge in [-0.1, -0.05) is 13.8 Å². The van der Waals surface area contributed by atoms with Gasteiger partial charge in [-0.25, -0.2) is 14.3 Å². The number of esters is 3. The second-order valence-corrected chi connectivity index (χ2v) is 10.2. The minimum atomic E-state index is -2.16. The lowest BCUT2D eigenvalue weighted by molar-refractivity contribution is -0.177. The number of nitrogens with zero attached hydrogens (tertiary/aromatic N) is 5. The van der Waals surface area contributed by atoms with Crippen molar-refractivity contribution in [3.05, 3.63) is 24.2 Å². The second-order valence-electron chi connectivity index (χ2n) is 10.2. The number of anilines is 1. The van der Waals surface area contributed by atoms with Crippen molar-refractivity contribution in [2.75, 3.05) is 26.4 Å². The maximum atomic E-state index is 12.6. The first-order valence-corrected chi connectivity index (χ1v) is 12.9. The number of ether oxygens (including phenoxy) is 6. The molecule has 2 aromatic rings. The average molecular weight is 591 g/mol. The topological polar surface area (TPSA) is 207 Å². The monoisotopic (exact) mass is 590 g/mol. The highest BCUT2D eigenvalue weighted by molar-refractivity contribution is 5.76. The first kappa shape index (κ1) is 32.0. The minimum absolute atomic E-state index is 0.0846. The molecule has 0 aliphatic carbocycles. The normalized spacial score (nSPS) is 23.2. The summed E-state index contributed by atoms with van der Waals surface area (Å²) < 4.78 is 33.7. The molecular formula is C26H34N6O10. The van der Waals surface area contributed by atoms with Crippen LogP contribution in [0.2, 0.25) is 0 Å². The molecular weight excluding hydrogens is 556 g/mol. The Labute approximate surface area is 241 Å². The van der Waals surface area contributed by atoms with Crippen LogP contribution in [0.5, 0.6) is 0 Å². The number of fused-ring (bicyclic) bond motifs is 1. The van der Waals surface area contributed by atoms with Crippen LogP contribution < -0.4 is 5.73 Å². The van der Waals surface area contributed by atoms with Gasteiger partial charge in [0.25, 0.3) is 0 Å². The number of carbonyl (C=O) groups is 4. The highest BCUT2D eigenvalue weighted by atomic mass is 16.8. The van der Waals surface area contributed by atoms with Gasteiger partial charge in [0.2, 0.25) is 11.9 Å². The van der Waals surface area contributed by atoms with Gasteiger partial charge in [0, 0.05) is 20.8 Å². The van der Waals surface area contributed by atoms with Crippen LogP contribution >= 0.6 is 0 Å². The molecule has 2 N–H and O–H groups in total. The van der Waals surface area contributed by atoms with E-state index in [1.807, 2.05) is 19.9 Å². The molecule has 16 nitrogen and oxygen atoms in total. The molecule has 3 heterocycles. The summed E-state index contributed by atoms with van der Waals surface area (Å²) in [4.78, 5) is 54.8. The average Bonchev–Trinajstić information content (AvgIpc) is 3.42. The number of carbonyl (C=O) groups excluding carboxylic acids is 4. The maximum absolute atomic E-state index is 12.6. The number of likely N-dealkylation sites (N-methyl/N-ethyl adjacent to an activating group) is 1. The molecule has 1 aliphatic heterocycles. The van der Waals surface area contributed by atoms with Crippen LogP contribution in [0.15, 0.2) is 18.5 Å². The highest BCUT2D eigenvalue weighted by Gasteiger charge is 2.62. The standard InChI is InChI=1S/C26H34N6O10/c1-13(2)19(31(6)7)24(35)40-16(5)41-25(36)37-11-26(10-27)22(39-15(4)34)21(38-14(3)33)20(42-26)17-8-9-18-23(28)29-12-30-32(17)18/h8-9,12-13,16,19-22H,11H2,1-7H3,(H2,28,29,30)/t16?,19-,20-,21-,22-,26+/m0/s1. The fourth-order valence-electron chi connectivity index (χ4n) is 4.77. The third kappa shape index (κ3) is 6.86. The predicted molar refractivity (Wildman–Crippen MR) is 141 cm³/mol. The Balaban J connectivity index is 1.85. The fourth-order valence-corrected chi connectivity index (χ4v) is 4.77. The van der Waals surface area contributed by atoms with E-state index in [0.717, 1.165) is 13.8 Å². The van der Waals surface area contributed by atoms with E-state index >= 15 is 0 Å². The molecule has 1 unspecified atom stereocenters. The lowest BCUT2D eigenvalue weighted by atomic mass is 9.95. The van der Waals surface area contributed by atoms with Gasteiger partial charge in [-0.2, -0.15) is 10.4 Å². The lowest BCUT2D eigenvalue weighted by Crippen LogP contribution is -2.49. The highest BCUT2D eigenvalue weighted by Crippen LogP contribution is 2.44. The predicted octanol–water partition coefficient (Wildman–Crippen LogP) is 1.14. The first-order valence-electron chi connectivity index (χ1n) is 12.9. The number of hydrogen-bond acceptors (Lipinski definition) is 15. The zero-order valence-corrected chi connectivity index (χ0v) is 24.3. The van der Waals surface area contributed by atoms with Crippen molar-refractivity contribution in [2.45, 2.75) is 70.9 Å². The zero-order chi connectivity index (χ0) is 31.4. The Bertz CT molecular complexity index is 1360. The van der Waals surface area contributed by atoms with Gasteiger partial charge >= 0.3 is 24.1 Å². The zero-order valence-electron chi connectivity index (χ0n) is 24.3. The Morgan fingerprint density at radius 3 is 2.38 bits per heavy atom. The van der Waals surface area contributed by atoms with Crippen molar-refractivity contribution in [1.82, 2.24) is 19.5 Å². The molecule has 228 valence electrons. The Hall–Kier alpha value is -4.49. The van der Waals surface area contributed by atoms with Crippen molar-refractivity contribution in [2.24, 2.45) is 5.92 Å². The van der Waals surface area contributed by atoms with Crippen LogP contribution in [-0.2, 0) is 42.8 Å². The first-order chi connectivity index (χ1) is 19.7. The largest absolute Gasteiger partial charge is 0.511 e. The second kappa shape index (κ2) is 13.0. The Kier molecular flexibility index (Phi) is 9.91. The van der Waals surface area contributed by atoms with E-state index in [1.165, 1.54) is 17.8 Å². The molecule has 1 fully saturated rings. The van der Waals surface area contributed by atoms with Gasteiger partial charge in [0.15, 0.2) is 18.0 Å². The van der Waals surface area contributed by atoms with Gasteiger partial charge in [0.1, 0.15) is 36.7 Å². The van der Waals surface area contributed by atoms with E-state index in [4.69, 9.17) is 34.2 Å². The fraction of sp³-hybridized carbons (Fsp3) is 0.577. The summed E-state index contributed by atoms with van der Waals surface area (Å²) >= 11 is 0. The molecule has 0 saturated carbocycles. The van der Waals surface area contributed by atoms with Gasteiger partial charge in [-0.15, -0.1) is 0 Å².